The lowest BCUT2D eigenvalue weighted by Crippen LogP contribution is -2.61. The lowest BCUT2D eigenvalue weighted by atomic mass is 9.33. The molecule has 73 heavy (non-hydrogen) atoms. The smallest absolute Gasteiger partial charge is 0.252 e. The third-order valence-electron chi connectivity index (χ3n) is 19.0. The first kappa shape index (κ1) is 46.8. The molecule has 0 bridgehead atoms. The van der Waals surface area contributed by atoms with E-state index in [1.54, 1.807) is 0 Å². The molecule has 7 aromatic carbocycles. The van der Waals surface area contributed by atoms with E-state index in [9.17, 15) is 0 Å². The molecule has 1 fully saturated rings. The van der Waals surface area contributed by atoms with Crippen LogP contribution in [0.25, 0.3) is 0 Å². The second kappa shape index (κ2) is 15.8. The molecule has 0 spiro atoms. The monoisotopic (exact) mass is 958 g/mol. The van der Waals surface area contributed by atoms with E-state index in [1.807, 2.05) is 0 Å². The molecule has 0 aromatic heterocycles. The van der Waals surface area contributed by atoms with E-state index in [2.05, 4.69) is 231 Å². The average Bonchev–Trinajstić information content (AvgIpc) is 3.90. The normalized spacial score (nSPS) is 21.8. The zero-order valence-corrected chi connectivity index (χ0v) is 46.0. The van der Waals surface area contributed by atoms with Gasteiger partial charge in [-0.05, 0) is 195 Å². The van der Waals surface area contributed by atoms with E-state index < -0.39 is 0 Å². The van der Waals surface area contributed by atoms with E-state index in [0.29, 0.717) is 0 Å². The highest BCUT2D eigenvalue weighted by Gasteiger charge is 2.58. The van der Waals surface area contributed by atoms with Crippen LogP contribution in [0.3, 0.4) is 0 Å². The van der Waals surface area contributed by atoms with Crippen molar-refractivity contribution in [2.75, 3.05) is 14.7 Å². The average molecular weight is 958 g/mol. The molecule has 7 aromatic rings. The van der Waals surface area contributed by atoms with Crippen LogP contribution >= 0.6 is 0 Å². The summed E-state index contributed by atoms with van der Waals surface area (Å²) in [6, 6.07) is 53.8. The number of rotatable bonds is 5. The molecule has 13 rings (SSSR count). The Morgan fingerprint density at radius 1 is 0.452 bits per heavy atom. The molecule has 3 heterocycles. The van der Waals surface area contributed by atoms with Crippen molar-refractivity contribution in [1.82, 2.24) is 0 Å². The summed E-state index contributed by atoms with van der Waals surface area (Å²) >= 11 is 0. The maximum atomic E-state index is 2.86. The van der Waals surface area contributed by atoms with Crippen molar-refractivity contribution in [2.45, 2.75) is 163 Å². The zero-order chi connectivity index (χ0) is 50.8. The molecule has 2 atom stereocenters. The van der Waals surface area contributed by atoms with Gasteiger partial charge < -0.3 is 14.7 Å². The van der Waals surface area contributed by atoms with E-state index in [1.165, 1.54) is 131 Å². The number of anilines is 8. The second-order valence-corrected chi connectivity index (χ2v) is 27.7. The molecule has 6 aliphatic rings. The fourth-order valence-corrected chi connectivity index (χ4v) is 15.1. The van der Waals surface area contributed by atoms with Crippen molar-refractivity contribution in [3.05, 3.63) is 184 Å². The largest absolute Gasteiger partial charge is 0.334 e. The van der Waals surface area contributed by atoms with Crippen LogP contribution in [0.4, 0.5) is 45.5 Å². The van der Waals surface area contributed by atoms with Crippen molar-refractivity contribution in [3.8, 4) is 0 Å². The summed E-state index contributed by atoms with van der Waals surface area (Å²) in [5, 5.41) is 0. The van der Waals surface area contributed by atoms with Gasteiger partial charge in [0.25, 0.3) is 6.71 Å². The van der Waals surface area contributed by atoms with Crippen LogP contribution < -0.4 is 31.1 Å². The van der Waals surface area contributed by atoms with Gasteiger partial charge in [0.05, 0.1) is 5.54 Å². The minimum absolute atomic E-state index is 0.0175. The Bertz CT molecular complexity index is 3420. The number of fused-ring (bicyclic) bond motifs is 9. The molecule has 3 nitrogen and oxygen atoms in total. The van der Waals surface area contributed by atoms with Gasteiger partial charge in [-0.25, -0.2) is 0 Å². The summed E-state index contributed by atoms with van der Waals surface area (Å²) in [5.41, 5.74) is 28.0. The number of hydrogen-bond acceptors (Lipinski definition) is 3. The van der Waals surface area contributed by atoms with Gasteiger partial charge in [0.15, 0.2) is 0 Å². The Hall–Kier alpha value is -6.00. The highest BCUT2D eigenvalue weighted by Crippen LogP contribution is 2.62. The first-order valence-corrected chi connectivity index (χ1v) is 27.9. The van der Waals surface area contributed by atoms with Gasteiger partial charge >= 0.3 is 0 Å². The number of hydrogen-bond donors (Lipinski definition) is 0. The standard InChI is InChI=1S/C69H76BN3/c1-64(2,3)50-21-18-22-52(36-50)71-60-37-51(65(4,5)6)25-27-56(60)70-57-34-48-42-67(9,10)43-49(48)35-59(57)72(53-26-24-46-40-66(7,8)41-47(46)33-53)62-39-54(38-61(71)63(62)70)73-58-28-23-45(31-44-19-14-13-15-20-44)32-55(58)68(11)29-16-17-30-69(68,73)12/h13-15,18-28,32-39H,16-17,29-31,40-43H2,1-12H3. The molecule has 2 unspecified atom stereocenters. The Morgan fingerprint density at radius 2 is 1.07 bits per heavy atom. The van der Waals surface area contributed by atoms with Crippen LogP contribution in [0.2, 0.25) is 0 Å². The van der Waals surface area contributed by atoms with E-state index in [4.69, 9.17) is 0 Å². The fourth-order valence-electron chi connectivity index (χ4n) is 15.1. The predicted octanol–water partition coefficient (Wildman–Crippen LogP) is 15.9. The predicted molar refractivity (Wildman–Crippen MR) is 312 cm³/mol. The Morgan fingerprint density at radius 3 is 1.77 bits per heavy atom. The van der Waals surface area contributed by atoms with Crippen LogP contribution in [-0.4, -0.2) is 12.3 Å². The van der Waals surface area contributed by atoms with Crippen LogP contribution in [0.15, 0.2) is 133 Å². The minimum Gasteiger partial charge on any atom is -0.334 e. The summed E-state index contributed by atoms with van der Waals surface area (Å²) in [4.78, 5) is 8.30. The highest BCUT2D eigenvalue weighted by molar-refractivity contribution is 7.00. The molecular formula is C69H76BN3. The molecule has 0 amide bonds. The van der Waals surface area contributed by atoms with Gasteiger partial charge in [0.1, 0.15) is 0 Å². The van der Waals surface area contributed by atoms with Crippen molar-refractivity contribution in [3.63, 3.8) is 0 Å². The van der Waals surface area contributed by atoms with Gasteiger partial charge in [-0.2, -0.15) is 0 Å². The molecule has 3 aliphatic heterocycles. The first-order valence-electron chi connectivity index (χ1n) is 27.9. The molecule has 0 saturated heterocycles. The topological polar surface area (TPSA) is 9.72 Å². The SMILES string of the molecule is CC1(C)Cc2ccc(N3c4cc5c(cc4B4c6ccc(C(C)(C)C)cc6N(c6cccc(C(C)(C)C)c6)c6cc(N7c8ccc(Cc9ccccc9)cc8C8(C)CCCCC78C)cc3c64)CC(C)(C)C5)cc2C1. The lowest BCUT2D eigenvalue weighted by Gasteiger charge is -2.51. The molecule has 0 N–H and O–H groups in total. The second-order valence-electron chi connectivity index (χ2n) is 27.7. The Labute approximate surface area is 438 Å². The fraction of sp³-hybridized carbons (Fsp3) is 0.391. The van der Waals surface area contributed by atoms with E-state index in [0.717, 1.165) is 38.5 Å². The summed E-state index contributed by atoms with van der Waals surface area (Å²) in [6.45, 7) is 29.3. The molecule has 4 heteroatoms. The molecule has 3 aliphatic carbocycles. The Balaban J connectivity index is 1.13. The van der Waals surface area contributed by atoms with Crippen molar-refractivity contribution < 1.29 is 0 Å². The molecule has 0 radical (unpaired) electrons. The molecule has 1 saturated carbocycles. The lowest BCUT2D eigenvalue weighted by molar-refractivity contribution is 0.195. The maximum Gasteiger partial charge on any atom is 0.252 e. The van der Waals surface area contributed by atoms with Crippen molar-refractivity contribution >= 4 is 68.6 Å². The molecular weight excluding hydrogens is 882 g/mol. The van der Waals surface area contributed by atoms with Gasteiger partial charge in [-0.1, -0.05) is 168 Å². The van der Waals surface area contributed by atoms with Gasteiger partial charge in [-0.15, -0.1) is 0 Å². The first-order chi connectivity index (χ1) is 34.6. The highest BCUT2D eigenvalue weighted by atomic mass is 15.3. The van der Waals surface area contributed by atoms with Crippen molar-refractivity contribution in [2.24, 2.45) is 10.8 Å². The minimum atomic E-state index is -0.134. The van der Waals surface area contributed by atoms with E-state index in [-0.39, 0.29) is 39.3 Å². The summed E-state index contributed by atoms with van der Waals surface area (Å²) < 4.78 is 0. The van der Waals surface area contributed by atoms with Crippen LogP contribution in [0, 0.1) is 10.8 Å². The van der Waals surface area contributed by atoms with E-state index >= 15 is 0 Å². The van der Waals surface area contributed by atoms with Crippen molar-refractivity contribution in [1.29, 1.82) is 0 Å². The number of benzene rings is 7. The third-order valence-corrected chi connectivity index (χ3v) is 19.0. The zero-order valence-electron chi connectivity index (χ0n) is 46.0. The molecule has 370 valence electrons. The third kappa shape index (κ3) is 7.26. The summed E-state index contributed by atoms with van der Waals surface area (Å²) in [7, 11) is 0. The summed E-state index contributed by atoms with van der Waals surface area (Å²) in [6.07, 6.45) is 10.2. The number of nitrogens with zero attached hydrogens (tertiary/aromatic N) is 3. The van der Waals surface area contributed by atoms with Crippen LogP contribution in [0.1, 0.15) is 159 Å². The maximum absolute atomic E-state index is 2.86. The van der Waals surface area contributed by atoms with Crippen LogP contribution in [0.5, 0.6) is 0 Å². The van der Waals surface area contributed by atoms with Gasteiger partial charge in [0.2, 0.25) is 0 Å². The van der Waals surface area contributed by atoms with Gasteiger partial charge in [0, 0.05) is 50.9 Å². The van der Waals surface area contributed by atoms with Crippen LogP contribution in [-0.2, 0) is 48.3 Å². The summed E-state index contributed by atoms with van der Waals surface area (Å²) in [5.74, 6) is 0. The Kier molecular flexibility index (Phi) is 10.1. The van der Waals surface area contributed by atoms with Gasteiger partial charge in [-0.3, -0.25) is 0 Å². The quantitative estimate of drug-likeness (QED) is 0.159.